The zero-order chi connectivity index (χ0) is 22.4. The standard InChI is InChI=1S/C20H31F3N4O2/c1-7-27(8-2)16-10-9-14(20(21,22)23)11-15(16)24-17(28)12-26(6)13-18(29)25-19(3,4)5/h9-11H,7-8,12-13H2,1-6H3,(H,24,28)(H,25,29). The lowest BCUT2D eigenvalue weighted by Crippen LogP contribution is -2.46. The van der Waals surface area contributed by atoms with Crippen LogP contribution < -0.4 is 15.5 Å². The second kappa shape index (κ2) is 9.96. The zero-order valence-corrected chi connectivity index (χ0v) is 17.9. The molecule has 1 rings (SSSR count). The van der Waals surface area contributed by atoms with E-state index in [4.69, 9.17) is 0 Å². The minimum Gasteiger partial charge on any atom is -0.370 e. The number of carbonyl (C=O) groups is 2. The summed E-state index contributed by atoms with van der Waals surface area (Å²) in [5.41, 5.74) is -0.608. The van der Waals surface area contributed by atoms with E-state index in [0.717, 1.165) is 12.1 Å². The fraction of sp³-hybridized carbons (Fsp3) is 0.600. The number of hydrogen-bond acceptors (Lipinski definition) is 4. The van der Waals surface area contributed by atoms with Crippen molar-refractivity contribution in [3.8, 4) is 0 Å². The summed E-state index contributed by atoms with van der Waals surface area (Å²) < 4.78 is 39.3. The average molecular weight is 416 g/mol. The van der Waals surface area contributed by atoms with E-state index >= 15 is 0 Å². The van der Waals surface area contributed by atoms with E-state index in [0.29, 0.717) is 18.8 Å². The third kappa shape index (κ3) is 8.31. The smallest absolute Gasteiger partial charge is 0.370 e. The number of anilines is 2. The van der Waals surface area contributed by atoms with Crippen LogP contribution in [0.2, 0.25) is 0 Å². The number of amides is 2. The van der Waals surface area contributed by atoms with Crippen molar-refractivity contribution in [3.05, 3.63) is 23.8 Å². The van der Waals surface area contributed by atoms with Crippen LogP contribution in [0.25, 0.3) is 0 Å². The average Bonchev–Trinajstić information content (AvgIpc) is 2.53. The van der Waals surface area contributed by atoms with Gasteiger partial charge in [-0.25, -0.2) is 0 Å². The van der Waals surface area contributed by atoms with E-state index < -0.39 is 23.2 Å². The maximum Gasteiger partial charge on any atom is 0.416 e. The Morgan fingerprint density at radius 2 is 1.55 bits per heavy atom. The molecule has 164 valence electrons. The molecule has 1 aromatic rings. The highest BCUT2D eigenvalue weighted by Gasteiger charge is 2.31. The number of nitrogens with one attached hydrogen (secondary N) is 2. The molecule has 6 nitrogen and oxygen atoms in total. The second-order valence-corrected chi connectivity index (χ2v) is 7.92. The van der Waals surface area contributed by atoms with E-state index in [2.05, 4.69) is 10.6 Å². The predicted molar refractivity (Wildman–Crippen MR) is 109 cm³/mol. The van der Waals surface area contributed by atoms with Gasteiger partial charge in [-0.05, 0) is 59.9 Å². The van der Waals surface area contributed by atoms with Gasteiger partial charge in [0.25, 0.3) is 0 Å². The van der Waals surface area contributed by atoms with E-state index in [1.54, 1.807) is 7.05 Å². The topological polar surface area (TPSA) is 64.7 Å². The van der Waals surface area contributed by atoms with Gasteiger partial charge in [0, 0.05) is 18.6 Å². The van der Waals surface area contributed by atoms with Crippen LogP contribution in [0.4, 0.5) is 24.5 Å². The first kappa shape index (κ1) is 24.7. The fourth-order valence-corrected chi connectivity index (χ4v) is 2.85. The Morgan fingerprint density at radius 3 is 2.03 bits per heavy atom. The van der Waals surface area contributed by atoms with Crippen LogP contribution in [-0.4, -0.2) is 55.5 Å². The van der Waals surface area contributed by atoms with E-state index in [1.165, 1.54) is 11.0 Å². The van der Waals surface area contributed by atoms with Gasteiger partial charge in [-0.1, -0.05) is 0 Å². The van der Waals surface area contributed by atoms with Gasteiger partial charge in [0.2, 0.25) is 11.8 Å². The Kier molecular flexibility index (Phi) is 8.50. The molecule has 0 fully saturated rings. The number of nitrogens with zero attached hydrogens (tertiary/aromatic N) is 2. The van der Waals surface area contributed by atoms with Crippen molar-refractivity contribution < 1.29 is 22.8 Å². The molecule has 2 N–H and O–H groups in total. The molecule has 0 saturated carbocycles. The molecule has 0 aromatic heterocycles. The molecule has 0 aliphatic carbocycles. The van der Waals surface area contributed by atoms with Gasteiger partial charge in [-0.2, -0.15) is 13.2 Å². The summed E-state index contributed by atoms with van der Waals surface area (Å²) in [5, 5.41) is 5.36. The van der Waals surface area contributed by atoms with Gasteiger partial charge in [-0.15, -0.1) is 0 Å². The van der Waals surface area contributed by atoms with Crippen LogP contribution >= 0.6 is 0 Å². The largest absolute Gasteiger partial charge is 0.416 e. The summed E-state index contributed by atoms with van der Waals surface area (Å²) in [7, 11) is 1.60. The zero-order valence-electron chi connectivity index (χ0n) is 17.9. The first-order valence-electron chi connectivity index (χ1n) is 9.52. The molecule has 0 spiro atoms. The Hall–Kier alpha value is -2.29. The lowest BCUT2D eigenvalue weighted by atomic mass is 10.1. The highest BCUT2D eigenvalue weighted by Crippen LogP contribution is 2.35. The minimum atomic E-state index is -4.51. The molecule has 0 radical (unpaired) electrons. The number of benzene rings is 1. The SMILES string of the molecule is CCN(CC)c1ccc(C(F)(F)F)cc1NC(=O)CN(C)CC(=O)NC(C)(C)C. The van der Waals surface area contributed by atoms with Gasteiger partial charge in [0.1, 0.15) is 0 Å². The molecule has 0 aliphatic heterocycles. The monoisotopic (exact) mass is 416 g/mol. The number of likely N-dealkylation sites (N-methyl/N-ethyl adjacent to an activating group) is 1. The van der Waals surface area contributed by atoms with Gasteiger partial charge in [0.05, 0.1) is 30.0 Å². The van der Waals surface area contributed by atoms with Crippen molar-refractivity contribution in [2.24, 2.45) is 0 Å². The quantitative estimate of drug-likeness (QED) is 0.682. The second-order valence-electron chi connectivity index (χ2n) is 7.92. The van der Waals surface area contributed by atoms with Crippen molar-refractivity contribution in [2.75, 3.05) is 43.4 Å². The van der Waals surface area contributed by atoms with Gasteiger partial charge < -0.3 is 15.5 Å². The summed E-state index contributed by atoms with van der Waals surface area (Å²) in [5.74, 6) is -0.737. The molecule has 0 atom stereocenters. The molecule has 1 aromatic carbocycles. The first-order chi connectivity index (χ1) is 13.3. The number of hydrogen-bond donors (Lipinski definition) is 2. The Bertz CT molecular complexity index is 711. The molecule has 0 unspecified atom stereocenters. The van der Waals surface area contributed by atoms with Crippen molar-refractivity contribution >= 4 is 23.2 Å². The first-order valence-corrected chi connectivity index (χ1v) is 9.52. The van der Waals surface area contributed by atoms with Crippen LogP contribution in [0.3, 0.4) is 0 Å². The summed E-state index contributed by atoms with van der Waals surface area (Å²) in [4.78, 5) is 27.7. The fourth-order valence-electron chi connectivity index (χ4n) is 2.85. The summed E-state index contributed by atoms with van der Waals surface area (Å²) in [6.07, 6.45) is -4.51. The van der Waals surface area contributed by atoms with Crippen molar-refractivity contribution in [1.82, 2.24) is 10.2 Å². The number of rotatable bonds is 8. The molecular weight excluding hydrogens is 385 g/mol. The Labute approximate surface area is 170 Å². The van der Waals surface area contributed by atoms with E-state index in [1.807, 2.05) is 39.5 Å². The van der Waals surface area contributed by atoms with E-state index in [9.17, 15) is 22.8 Å². The molecule has 29 heavy (non-hydrogen) atoms. The number of halogens is 3. The summed E-state index contributed by atoms with van der Waals surface area (Å²) in [6, 6.07) is 3.32. The van der Waals surface area contributed by atoms with Crippen molar-refractivity contribution in [1.29, 1.82) is 0 Å². The predicted octanol–water partition coefficient (Wildman–Crippen LogP) is 3.34. The van der Waals surface area contributed by atoms with Crippen molar-refractivity contribution in [3.63, 3.8) is 0 Å². The van der Waals surface area contributed by atoms with Gasteiger partial charge >= 0.3 is 6.18 Å². The van der Waals surface area contributed by atoms with Crippen LogP contribution in [0.15, 0.2) is 18.2 Å². The van der Waals surface area contributed by atoms with Crippen LogP contribution in [0.5, 0.6) is 0 Å². The number of carbonyl (C=O) groups excluding carboxylic acids is 2. The Morgan fingerprint density at radius 1 is 1.00 bits per heavy atom. The molecule has 0 saturated heterocycles. The summed E-state index contributed by atoms with van der Waals surface area (Å²) >= 11 is 0. The highest BCUT2D eigenvalue weighted by molar-refractivity contribution is 5.96. The van der Waals surface area contributed by atoms with Gasteiger partial charge in [-0.3, -0.25) is 14.5 Å². The Balaban J connectivity index is 2.93. The molecule has 0 heterocycles. The van der Waals surface area contributed by atoms with Gasteiger partial charge in [0.15, 0.2) is 0 Å². The maximum atomic E-state index is 13.1. The number of alkyl halides is 3. The lowest BCUT2D eigenvalue weighted by Gasteiger charge is -2.26. The molecular formula is C20H31F3N4O2. The van der Waals surface area contributed by atoms with Crippen LogP contribution in [-0.2, 0) is 15.8 Å². The molecule has 0 bridgehead atoms. The normalized spacial score (nSPS) is 12.1. The van der Waals surface area contributed by atoms with Crippen molar-refractivity contribution in [2.45, 2.75) is 46.3 Å². The maximum absolute atomic E-state index is 13.1. The third-order valence-corrected chi connectivity index (χ3v) is 4.04. The summed E-state index contributed by atoms with van der Waals surface area (Å²) in [6.45, 7) is 10.3. The van der Waals surface area contributed by atoms with Crippen LogP contribution in [0, 0.1) is 0 Å². The third-order valence-electron chi connectivity index (χ3n) is 4.04. The lowest BCUT2D eigenvalue weighted by molar-refractivity contribution is -0.137. The molecule has 9 heteroatoms. The highest BCUT2D eigenvalue weighted by atomic mass is 19.4. The molecule has 2 amide bonds. The van der Waals surface area contributed by atoms with Crippen LogP contribution in [0.1, 0.15) is 40.2 Å². The minimum absolute atomic E-state index is 0.00379. The van der Waals surface area contributed by atoms with E-state index in [-0.39, 0.29) is 24.7 Å². The molecule has 0 aliphatic rings.